The molecule has 0 radical (unpaired) electrons. The van der Waals surface area contributed by atoms with Gasteiger partial charge in [-0.1, -0.05) is 6.92 Å². The van der Waals surface area contributed by atoms with Gasteiger partial charge >= 0.3 is 5.97 Å². The highest BCUT2D eigenvalue weighted by Crippen LogP contribution is 2.79. The summed E-state index contributed by atoms with van der Waals surface area (Å²) in [7, 11) is 4.26. The SMILES string of the molecule is CN(C)[C@H]1CO[C@@H]2[C@@]1(C)CC[C@@H]1[C@@]34CC[C@@](O)(OC3)[C@]3(C)C(=O)O[C@@H]([C@H]43)[C@@H]3O[C@]213. The standard InChI is InChI=1S/C22H31NO6/c1-18-6-5-11-20-7-8-21(25,27-10-20)19(2)14(20)13(28-17(19)24)15-22(11,29-15)16(18)26-9-12(18)23(3)4/h11-16,25H,5-10H2,1-4H3/t11-,12+,13+,14+,15+,16-,18+,19+,20-,21-,22-/m1/s1. The number of hydrogen-bond acceptors (Lipinski definition) is 7. The van der Waals surface area contributed by atoms with E-state index in [1.165, 1.54) is 0 Å². The summed E-state index contributed by atoms with van der Waals surface area (Å²) in [5, 5.41) is 11.3. The first-order valence-electron chi connectivity index (χ1n) is 11.2. The van der Waals surface area contributed by atoms with Gasteiger partial charge in [0, 0.05) is 35.1 Å². The maximum absolute atomic E-state index is 13.1. The molecule has 8 aliphatic rings. The van der Waals surface area contributed by atoms with Crippen molar-refractivity contribution >= 4 is 5.97 Å². The lowest BCUT2D eigenvalue weighted by Crippen LogP contribution is -2.76. The van der Waals surface area contributed by atoms with E-state index in [2.05, 4.69) is 25.9 Å². The van der Waals surface area contributed by atoms with Gasteiger partial charge in [-0.05, 0) is 40.3 Å². The van der Waals surface area contributed by atoms with E-state index in [4.69, 9.17) is 18.9 Å². The first-order valence-corrected chi connectivity index (χ1v) is 11.2. The van der Waals surface area contributed by atoms with Crippen molar-refractivity contribution in [2.24, 2.45) is 28.1 Å². The largest absolute Gasteiger partial charge is 0.459 e. The van der Waals surface area contributed by atoms with Gasteiger partial charge in [-0.3, -0.25) is 4.79 Å². The van der Waals surface area contributed by atoms with Crippen LogP contribution in [0.5, 0.6) is 0 Å². The topological polar surface area (TPSA) is 80.8 Å². The number of carbonyl (C=O) groups excluding carboxylic acids is 1. The fourth-order valence-corrected chi connectivity index (χ4v) is 9.28. The van der Waals surface area contributed by atoms with Gasteiger partial charge in [0.15, 0.2) is 5.79 Å². The number of ether oxygens (including phenoxy) is 4. The van der Waals surface area contributed by atoms with Crippen LogP contribution < -0.4 is 0 Å². The first kappa shape index (κ1) is 17.9. The second-order valence-corrected chi connectivity index (χ2v) is 11.5. The van der Waals surface area contributed by atoms with E-state index >= 15 is 0 Å². The van der Waals surface area contributed by atoms with Crippen LogP contribution in [0, 0.1) is 28.1 Å². The summed E-state index contributed by atoms with van der Waals surface area (Å²) in [5.41, 5.74) is -1.56. The molecular formula is C22H31NO6. The molecule has 5 saturated heterocycles. The number of hydrogen-bond donors (Lipinski definition) is 1. The molecule has 0 unspecified atom stereocenters. The van der Waals surface area contributed by atoms with Crippen molar-refractivity contribution in [2.45, 2.75) is 75.3 Å². The van der Waals surface area contributed by atoms with E-state index in [1.807, 2.05) is 6.92 Å². The lowest BCUT2D eigenvalue weighted by atomic mass is 9.39. The van der Waals surface area contributed by atoms with Crippen molar-refractivity contribution in [1.29, 1.82) is 0 Å². The van der Waals surface area contributed by atoms with E-state index < -0.39 is 11.2 Å². The van der Waals surface area contributed by atoms with Crippen LogP contribution in [-0.4, -0.2) is 79.0 Å². The number of likely N-dealkylation sites (N-methyl/N-ethyl adjacent to an activating group) is 1. The fourth-order valence-electron chi connectivity index (χ4n) is 9.28. The van der Waals surface area contributed by atoms with E-state index in [1.54, 1.807) is 0 Å². The number of rotatable bonds is 1. The monoisotopic (exact) mass is 405 g/mol. The molecule has 0 aromatic heterocycles. The minimum absolute atomic E-state index is 0.00905. The molecule has 0 aromatic rings. The molecule has 29 heavy (non-hydrogen) atoms. The number of epoxide rings is 1. The lowest BCUT2D eigenvalue weighted by molar-refractivity contribution is -0.376. The summed E-state index contributed by atoms with van der Waals surface area (Å²) < 4.78 is 25.2. The van der Waals surface area contributed by atoms with Crippen LogP contribution in [0.25, 0.3) is 0 Å². The molecule has 11 atom stereocenters. The van der Waals surface area contributed by atoms with Gasteiger partial charge in [0.25, 0.3) is 0 Å². The summed E-state index contributed by atoms with van der Waals surface area (Å²) in [6.07, 6.45) is 3.06. The average molecular weight is 405 g/mol. The summed E-state index contributed by atoms with van der Waals surface area (Å²) in [6, 6.07) is 0.360. The van der Waals surface area contributed by atoms with Gasteiger partial charge in [0.05, 0.1) is 19.3 Å². The number of esters is 1. The Labute approximate surface area is 171 Å². The Morgan fingerprint density at radius 3 is 2.66 bits per heavy atom. The molecule has 2 bridgehead atoms. The smallest absolute Gasteiger partial charge is 0.318 e. The molecule has 3 saturated carbocycles. The summed E-state index contributed by atoms with van der Waals surface area (Å²) in [5.74, 6) is -1.50. The summed E-state index contributed by atoms with van der Waals surface area (Å²) in [4.78, 5) is 15.4. The Balaban J connectivity index is 1.38. The predicted molar refractivity (Wildman–Crippen MR) is 99.7 cm³/mol. The molecule has 3 aliphatic carbocycles. The minimum Gasteiger partial charge on any atom is -0.459 e. The minimum atomic E-state index is -1.41. The van der Waals surface area contributed by atoms with E-state index in [9.17, 15) is 9.90 Å². The zero-order valence-electron chi connectivity index (χ0n) is 17.6. The quantitative estimate of drug-likeness (QED) is 0.513. The van der Waals surface area contributed by atoms with Crippen LogP contribution in [0.15, 0.2) is 0 Å². The van der Waals surface area contributed by atoms with Crippen molar-refractivity contribution in [1.82, 2.24) is 4.90 Å². The van der Waals surface area contributed by atoms with Gasteiger partial charge in [0.1, 0.15) is 23.2 Å². The highest BCUT2D eigenvalue weighted by Gasteiger charge is 2.90. The lowest BCUT2D eigenvalue weighted by Gasteiger charge is -2.67. The van der Waals surface area contributed by atoms with Crippen LogP contribution in [0.1, 0.15) is 39.5 Å². The normalized spacial score (nSPS) is 66.2. The second-order valence-electron chi connectivity index (χ2n) is 11.5. The molecule has 7 nitrogen and oxygen atoms in total. The van der Waals surface area contributed by atoms with Crippen LogP contribution in [-0.2, 0) is 23.7 Å². The van der Waals surface area contributed by atoms with Crippen LogP contribution in [0.3, 0.4) is 0 Å². The molecule has 2 spiro atoms. The summed E-state index contributed by atoms with van der Waals surface area (Å²) in [6.45, 7) is 5.42. The van der Waals surface area contributed by atoms with Gasteiger partial charge < -0.3 is 29.0 Å². The van der Waals surface area contributed by atoms with Crippen molar-refractivity contribution in [3.05, 3.63) is 0 Å². The third-order valence-corrected chi connectivity index (χ3v) is 10.6. The molecule has 5 aliphatic heterocycles. The third-order valence-electron chi connectivity index (χ3n) is 10.6. The molecule has 160 valence electrons. The maximum atomic E-state index is 13.1. The fraction of sp³-hybridized carbons (Fsp3) is 0.955. The molecule has 1 N–H and O–H groups in total. The van der Waals surface area contributed by atoms with Crippen LogP contribution in [0.4, 0.5) is 0 Å². The zero-order chi connectivity index (χ0) is 20.2. The Kier molecular flexibility index (Phi) is 2.90. The Morgan fingerprint density at radius 1 is 1.17 bits per heavy atom. The van der Waals surface area contributed by atoms with Gasteiger partial charge in [-0.15, -0.1) is 0 Å². The molecule has 8 fully saturated rings. The van der Waals surface area contributed by atoms with Crippen molar-refractivity contribution in [3.63, 3.8) is 0 Å². The maximum Gasteiger partial charge on any atom is 0.318 e. The van der Waals surface area contributed by atoms with Crippen molar-refractivity contribution in [3.8, 4) is 0 Å². The second kappa shape index (κ2) is 4.70. The first-order chi connectivity index (χ1) is 13.7. The number of aliphatic hydroxyl groups is 1. The highest BCUT2D eigenvalue weighted by atomic mass is 16.7. The Bertz CT molecular complexity index is 822. The van der Waals surface area contributed by atoms with Gasteiger partial charge in [0.2, 0.25) is 0 Å². The third kappa shape index (κ3) is 1.54. The molecule has 8 rings (SSSR count). The number of fused-ring (bicyclic) bond motifs is 4. The summed E-state index contributed by atoms with van der Waals surface area (Å²) >= 11 is 0. The molecular weight excluding hydrogens is 374 g/mol. The number of nitrogens with zero attached hydrogens (tertiary/aromatic N) is 1. The van der Waals surface area contributed by atoms with E-state index in [-0.39, 0.29) is 52.5 Å². The van der Waals surface area contributed by atoms with Gasteiger partial charge in [-0.2, -0.15) is 0 Å². The molecule has 0 aromatic carbocycles. The zero-order valence-corrected chi connectivity index (χ0v) is 17.6. The van der Waals surface area contributed by atoms with E-state index in [0.717, 1.165) is 19.3 Å². The highest BCUT2D eigenvalue weighted by molar-refractivity contribution is 5.82. The van der Waals surface area contributed by atoms with Crippen LogP contribution >= 0.6 is 0 Å². The predicted octanol–water partition coefficient (Wildman–Crippen LogP) is 0.930. The Hall–Kier alpha value is -0.730. The molecule has 7 heteroatoms. The molecule has 5 heterocycles. The van der Waals surface area contributed by atoms with Crippen molar-refractivity contribution < 1.29 is 28.8 Å². The van der Waals surface area contributed by atoms with Crippen LogP contribution in [0.2, 0.25) is 0 Å². The Morgan fingerprint density at radius 2 is 1.97 bits per heavy atom. The molecule has 0 amide bonds. The van der Waals surface area contributed by atoms with Gasteiger partial charge in [-0.25, -0.2) is 0 Å². The average Bonchev–Trinajstić information content (AvgIpc) is 3.17. The number of carbonyl (C=O) groups is 1. The van der Waals surface area contributed by atoms with Crippen molar-refractivity contribution in [2.75, 3.05) is 27.3 Å². The van der Waals surface area contributed by atoms with E-state index in [0.29, 0.717) is 25.7 Å².